The molecule has 4 rings (SSSR count). The van der Waals surface area contributed by atoms with Gasteiger partial charge in [-0.2, -0.15) is 10.1 Å². The van der Waals surface area contributed by atoms with Crippen LogP contribution in [0.5, 0.6) is 0 Å². The normalized spacial score (nSPS) is 12.4. The van der Waals surface area contributed by atoms with E-state index in [0.717, 1.165) is 22.3 Å². The van der Waals surface area contributed by atoms with Crippen LogP contribution < -0.4 is 20.7 Å². The predicted octanol–water partition coefficient (Wildman–Crippen LogP) is 2.76. The van der Waals surface area contributed by atoms with E-state index in [1.165, 1.54) is 24.1 Å². The fraction of sp³-hybridized carbons (Fsp3) is 0.296. The number of benzene rings is 2. The highest BCUT2D eigenvalue weighted by Crippen LogP contribution is 2.31. The highest BCUT2D eigenvalue weighted by molar-refractivity contribution is 7.89. The van der Waals surface area contributed by atoms with E-state index in [-0.39, 0.29) is 35.2 Å². The molecule has 12 nitrogen and oxygen atoms in total. The lowest BCUT2D eigenvalue weighted by atomic mass is 10.1. The first kappa shape index (κ1) is 28.8. The smallest absolute Gasteiger partial charge is 0.238 e. The van der Waals surface area contributed by atoms with Crippen LogP contribution in [0.1, 0.15) is 31.0 Å². The van der Waals surface area contributed by atoms with E-state index < -0.39 is 22.0 Å². The highest BCUT2D eigenvalue weighted by atomic mass is 32.2. The second kappa shape index (κ2) is 11.1. The summed E-state index contributed by atoms with van der Waals surface area (Å²) < 4.78 is 26.2. The van der Waals surface area contributed by atoms with Crippen LogP contribution in [0.2, 0.25) is 0 Å². The van der Waals surface area contributed by atoms with Crippen LogP contribution in [0.4, 0.5) is 23.1 Å². The number of aromatic nitrogens is 4. The van der Waals surface area contributed by atoms with Crippen LogP contribution in [0.25, 0.3) is 10.9 Å². The van der Waals surface area contributed by atoms with Crippen molar-refractivity contribution < 1.29 is 18.0 Å². The van der Waals surface area contributed by atoms with E-state index in [0.29, 0.717) is 11.4 Å². The zero-order chi connectivity index (χ0) is 29.4. The Kier molecular flexibility index (Phi) is 8.00. The van der Waals surface area contributed by atoms with E-state index in [9.17, 15) is 18.0 Å². The molecule has 4 aromatic rings. The number of anilines is 4. The molecule has 0 unspecified atom stereocenters. The standard InChI is InChI=1S/C27H32N8O4S/c1-16-6-7-20(15-24(16)40(29,38)39)35(26(37)11-10-22(28)18(3)36)27-30-13-12-25(31-27)33(4)19-8-9-21-17(2)34(5)32-23(21)14-19/h6-9,12-15,22H,10-11,28H2,1-5H3,(H2,29,38,39)/t22-/m0/s1. The summed E-state index contributed by atoms with van der Waals surface area (Å²) in [6.07, 6.45) is 1.51. The summed E-state index contributed by atoms with van der Waals surface area (Å²) in [4.78, 5) is 37.1. The number of nitrogens with two attached hydrogens (primary N) is 2. The lowest BCUT2D eigenvalue weighted by Crippen LogP contribution is -2.33. The number of nitrogens with zero attached hydrogens (tertiary/aromatic N) is 6. The minimum Gasteiger partial charge on any atom is -0.329 e. The number of rotatable bonds is 9. The zero-order valence-corrected chi connectivity index (χ0v) is 23.8. The first-order valence-corrected chi connectivity index (χ1v) is 14.0. The van der Waals surface area contributed by atoms with Gasteiger partial charge >= 0.3 is 0 Å². The number of hydrogen-bond donors (Lipinski definition) is 2. The largest absolute Gasteiger partial charge is 0.329 e. The van der Waals surface area contributed by atoms with Crippen LogP contribution >= 0.6 is 0 Å². The summed E-state index contributed by atoms with van der Waals surface area (Å²) in [7, 11) is -0.360. The third-order valence-electron chi connectivity index (χ3n) is 6.85. The summed E-state index contributed by atoms with van der Waals surface area (Å²) in [6.45, 7) is 4.96. The summed E-state index contributed by atoms with van der Waals surface area (Å²) in [6, 6.07) is 11.2. The molecule has 0 fully saturated rings. The number of primary sulfonamides is 1. The zero-order valence-electron chi connectivity index (χ0n) is 23.0. The molecule has 0 saturated heterocycles. The number of aryl methyl sites for hydroxylation is 3. The van der Waals surface area contributed by atoms with Gasteiger partial charge in [0, 0.05) is 43.5 Å². The van der Waals surface area contributed by atoms with Crippen LogP contribution in [-0.2, 0) is 26.7 Å². The quantitative estimate of drug-likeness (QED) is 0.310. The van der Waals surface area contributed by atoms with Gasteiger partial charge in [-0.3, -0.25) is 14.3 Å². The molecule has 2 aromatic heterocycles. The number of fused-ring (bicyclic) bond motifs is 1. The lowest BCUT2D eigenvalue weighted by Gasteiger charge is -2.24. The summed E-state index contributed by atoms with van der Waals surface area (Å²) in [5.41, 5.74) is 9.18. The number of ketones is 1. The molecule has 1 amide bonds. The van der Waals surface area contributed by atoms with Gasteiger partial charge in [-0.15, -0.1) is 0 Å². The molecule has 0 radical (unpaired) electrons. The SMILES string of the molecule is CC(=O)[C@@H](N)CCC(=O)N(c1ccc(C)c(S(N)(=O)=O)c1)c1nccc(N(C)c2ccc3c(C)n(C)nc3c2)n1. The highest BCUT2D eigenvalue weighted by Gasteiger charge is 2.25. The maximum Gasteiger partial charge on any atom is 0.238 e. The van der Waals surface area contributed by atoms with Crippen molar-refractivity contribution in [3.63, 3.8) is 0 Å². The average Bonchev–Trinajstić information content (AvgIpc) is 3.19. The molecule has 1 atom stereocenters. The molecular formula is C27H32N8O4S. The maximum atomic E-state index is 13.5. The summed E-state index contributed by atoms with van der Waals surface area (Å²) in [5, 5.41) is 11.0. The van der Waals surface area contributed by atoms with Gasteiger partial charge in [-0.05, 0) is 69.2 Å². The Hall–Kier alpha value is -4.20. The van der Waals surface area contributed by atoms with E-state index in [4.69, 9.17) is 10.9 Å². The van der Waals surface area contributed by atoms with E-state index >= 15 is 0 Å². The molecule has 40 heavy (non-hydrogen) atoms. The number of hydrogen-bond acceptors (Lipinski definition) is 9. The van der Waals surface area contributed by atoms with Gasteiger partial charge in [0.1, 0.15) is 11.6 Å². The molecule has 0 aliphatic heterocycles. The molecule has 2 aromatic carbocycles. The molecule has 210 valence electrons. The first-order valence-electron chi connectivity index (χ1n) is 12.5. The van der Waals surface area contributed by atoms with Crippen LogP contribution in [0, 0.1) is 13.8 Å². The topological polar surface area (TPSA) is 170 Å². The van der Waals surface area contributed by atoms with Gasteiger partial charge in [-0.25, -0.2) is 23.4 Å². The molecule has 0 aliphatic rings. The Bertz CT molecular complexity index is 1720. The Labute approximate surface area is 232 Å². The Morgan fingerprint density at radius 2 is 1.77 bits per heavy atom. The molecule has 4 N–H and O–H groups in total. The predicted molar refractivity (Wildman–Crippen MR) is 153 cm³/mol. The first-order chi connectivity index (χ1) is 18.8. The van der Waals surface area contributed by atoms with Crippen LogP contribution in [0.15, 0.2) is 53.6 Å². The molecule has 13 heteroatoms. The van der Waals surface area contributed by atoms with E-state index in [1.54, 1.807) is 25.1 Å². The van der Waals surface area contributed by atoms with Crippen molar-refractivity contribution >= 4 is 55.8 Å². The minimum absolute atomic E-state index is 0.0183. The van der Waals surface area contributed by atoms with Gasteiger partial charge in [-0.1, -0.05) is 6.07 Å². The van der Waals surface area contributed by atoms with Crippen molar-refractivity contribution in [3.8, 4) is 0 Å². The molecular weight excluding hydrogens is 532 g/mol. The number of carbonyl (C=O) groups excluding carboxylic acids is 2. The fourth-order valence-corrected chi connectivity index (χ4v) is 5.10. The van der Waals surface area contributed by atoms with Crippen molar-refractivity contribution in [2.24, 2.45) is 17.9 Å². The van der Waals surface area contributed by atoms with Crippen molar-refractivity contribution in [2.75, 3.05) is 16.8 Å². The van der Waals surface area contributed by atoms with E-state index in [2.05, 4.69) is 15.1 Å². The molecule has 0 aliphatic carbocycles. The second-order valence-electron chi connectivity index (χ2n) is 9.66. The second-order valence-corrected chi connectivity index (χ2v) is 11.2. The van der Waals surface area contributed by atoms with Gasteiger partial charge in [0.2, 0.25) is 21.9 Å². The Morgan fingerprint density at radius 1 is 1.07 bits per heavy atom. The summed E-state index contributed by atoms with van der Waals surface area (Å²) >= 11 is 0. The maximum absolute atomic E-state index is 13.5. The molecule has 2 heterocycles. The minimum atomic E-state index is -4.07. The number of sulfonamides is 1. The fourth-order valence-electron chi connectivity index (χ4n) is 4.29. The van der Waals surface area contributed by atoms with Crippen molar-refractivity contribution in [2.45, 2.75) is 44.6 Å². The molecule has 0 saturated carbocycles. The third kappa shape index (κ3) is 5.86. The van der Waals surface area contributed by atoms with Gasteiger partial charge in [0.05, 0.1) is 22.1 Å². The van der Waals surface area contributed by atoms with Gasteiger partial charge < -0.3 is 10.6 Å². The van der Waals surface area contributed by atoms with Gasteiger partial charge in [0.15, 0.2) is 0 Å². The number of Topliss-reactive ketones (excluding diaryl/α,β-unsaturated/α-hetero) is 1. The van der Waals surface area contributed by atoms with Crippen molar-refractivity contribution in [1.82, 2.24) is 19.7 Å². The van der Waals surface area contributed by atoms with Crippen LogP contribution in [0.3, 0.4) is 0 Å². The summed E-state index contributed by atoms with van der Waals surface area (Å²) in [5.74, 6) is -0.212. The number of amides is 1. The monoisotopic (exact) mass is 564 g/mol. The van der Waals surface area contributed by atoms with E-state index in [1.807, 2.05) is 48.8 Å². The average molecular weight is 565 g/mol. The van der Waals surface area contributed by atoms with Crippen LogP contribution in [-0.4, -0.2) is 52.9 Å². The third-order valence-corrected chi connectivity index (χ3v) is 7.90. The Morgan fingerprint density at radius 3 is 2.45 bits per heavy atom. The Balaban J connectivity index is 1.76. The molecule has 0 spiro atoms. The van der Waals surface area contributed by atoms with Gasteiger partial charge in [0.25, 0.3) is 0 Å². The van der Waals surface area contributed by atoms with Crippen molar-refractivity contribution in [1.29, 1.82) is 0 Å². The molecule has 0 bridgehead atoms. The lowest BCUT2D eigenvalue weighted by molar-refractivity contribution is -0.119. The number of carbonyl (C=O) groups is 2. The van der Waals surface area contributed by atoms with Crippen molar-refractivity contribution in [3.05, 3.63) is 59.9 Å².